The maximum absolute atomic E-state index is 13.4. The molecule has 15 heavy (non-hydrogen) atoms. The second-order valence-electron chi connectivity index (χ2n) is 4.57. The lowest BCUT2D eigenvalue weighted by atomic mass is 9.92. The summed E-state index contributed by atoms with van der Waals surface area (Å²) >= 11 is 0. The molecule has 0 spiro atoms. The lowest BCUT2D eigenvalue weighted by Gasteiger charge is -2.28. The van der Waals surface area contributed by atoms with Crippen molar-refractivity contribution in [3.05, 3.63) is 34.6 Å². The van der Waals surface area contributed by atoms with Crippen LogP contribution in [0.25, 0.3) is 0 Å². The zero-order chi connectivity index (χ0) is 11.4. The third-order valence-corrected chi connectivity index (χ3v) is 3.33. The number of carbonyl (C=O) groups is 1. The highest BCUT2D eigenvalue weighted by molar-refractivity contribution is 5.99. The average molecular weight is 207 g/mol. The van der Waals surface area contributed by atoms with Crippen LogP contribution in [0.3, 0.4) is 0 Å². The Kier molecular flexibility index (Phi) is 1.90. The van der Waals surface area contributed by atoms with Crippen LogP contribution in [0, 0.1) is 12.7 Å². The van der Waals surface area contributed by atoms with Crippen molar-refractivity contribution in [3.63, 3.8) is 0 Å². The van der Waals surface area contributed by atoms with Crippen LogP contribution >= 0.6 is 0 Å². The molecule has 1 aliphatic heterocycles. The lowest BCUT2D eigenvalue weighted by Crippen LogP contribution is -2.35. The van der Waals surface area contributed by atoms with E-state index >= 15 is 0 Å². The van der Waals surface area contributed by atoms with Gasteiger partial charge in [0.15, 0.2) is 0 Å². The molecule has 1 aliphatic rings. The van der Waals surface area contributed by atoms with Gasteiger partial charge in [-0.2, -0.15) is 0 Å². The number of hydrogen-bond donors (Lipinski definition) is 0. The van der Waals surface area contributed by atoms with Crippen LogP contribution in [-0.4, -0.2) is 17.9 Å². The van der Waals surface area contributed by atoms with Crippen molar-refractivity contribution in [2.75, 3.05) is 7.05 Å². The molecule has 1 aromatic carbocycles. The van der Waals surface area contributed by atoms with Gasteiger partial charge in [0, 0.05) is 12.6 Å². The molecule has 1 amide bonds. The summed E-state index contributed by atoms with van der Waals surface area (Å²) in [5.41, 5.74) is 1.65. The summed E-state index contributed by atoms with van der Waals surface area (Å²) in [7, 11) is 1.75. The minimum atomic E-state index is -0.342. The highest BCUT2D eigenvalue weighted by atomic mass is 19.1. The standard InChI is InChI=1S/C12H14FNO/c1-7-5-9-8(6-10(7)13)11(15)14(4)12(9,2)3/h5-6H,1-4H3. The van der Waals surface area contributed by atoms with Crippen LogP contribution in [-0.2, 0) is 5.54 Å². The van der Waals surface area contributed by atoms with Crippen molar-refractivity contribution in [2.24, 2.45) is 0 Å². The number of benzene rings is 1. The molecule has 0 aromatic heterocycles. The summed E-state index contributed by atoms with van der Waals surface area (Å²) in [4.78, 5) is 13.5. The summed E-state index contributed by atoms with van der Waals surface area (Å²) in [5, 5.41) is 0. The highest BCUT2D eigenvalue weighted by Gasteiger charge is 2.40. The Balaban J connectivity index is 2.73. The number of hydrogen-bond acceptors (Lipinski definition) is 1. The topological polar surface area (TPSA) is 20.3 Å². The van der Waals surface area contributed by atoms with Crippen molar-refractivity contribution in [2.45, 2.75) is 26.3 Å². The second kappa shape index (κ2) is 2.81. The molecule has 2 rings (SSSR count). The maximum atomic E-state index is 13.4. The Morgan fingerprint density at radius 3 is 2.53 bits per heavy atom. The van der Waals surface area contributed by atoms with E-state index in [0.717, 1.165) is 5.56 Å². The number of carbonyl (C=O) groups excluding carboxylic acids is 1. The number of nitrogens with zero attached hydrogens (tertiary/aromatic N) is 1. The van der Waals surface area contributed by atoms with Crippen LogP contribution in [0.4, 0.5) is 4.39 Å². The number of fused-ring (bicyclic) bond motifs is 1. The van der Waals surface area contributed by atoms with Gasteiger partial charge >= 0.3 is 0 Å². The smallest absolute Gasteiger partial charge is 0.254 e. The first-order valence-corrected chi connectivity index (χ1v) is 4.94. The highest BCUT2D eigenvalue weighted by Crippen LogP contribution is 2.38. The van der Waals surface area contributed by atoms with E-state index in [4.69, 9.17) is 0 Å². The molecule has 2 nitrogen and oxygen atoms in total. The Morgan fingerprint density at radius 1 is 1.33 bits per heavy atom. The largest absolute Gasteiger partial charge is 0.332 e. The first kappa shape index (κ1) is 10.1. The third kappa shape index (κ3) is 1.19. The van der Waals surface area contributed by atoms with Gasteiger partial charge in [-0.1, -0.05) is 6.07 Å². The van der Waals surface area contributed by atoms with E-state index in [9.17, 15) is 9.18 Å². The first-order valence-electron chi connectivity index (χ1n) is 4.94. The van der Waals surface area contributed by atoms with E-state index in [1.165, 1.54) is 6.07 Å². The van der Waals surface area contributed by atoms with Gasteiger partial charge in [-0.3, -0.25) is 4.79 Å². The number of halogens is 1. The molecule has 0 radical (unpaired) electrons. The molecule has 0 atom stereocenters. The van der Waals surface area contributed by atoms with E-state index < -0.39 is 0 Å². The molecule has 1 aromatic rings. The number of aryl methyl sites for hydroxylation is 1. The first-order chi connectivity index (χ1) is 6.85. The van der Waals surface area contributed by atoms with Gasteiger partial charge in [0.1, 0.15) is 5.82 Å². The minimum Gasteiger partial charge on any atom is -0.332 e. The fourth-order valence-corrected chi connectivity index (χ4v) is 1.98. The van der Waals surface area contributed by atoms with Gasteiger partial charge in [-0.05, 0) is 38.0 Å². The van der Waals surface area contributed by atoms with Gasteiger partial charge in [0.05, 0.1) is 5.54 Å². The van der Waals surface area contributed by atoms with Gasteiger partial charge < -0.3 is 4.90 Å². The third-order valence-electron chi connectivity index (χ3n) is 3.33. The Hall–Kier alpha value is -1.38. The minimum absolute atomic E-state index is 0.103. The average Bonchev–Trinajstić information content (AvgIpc) is 2.32. The van der Waals surface area contributed by atoms with Crippen molar-refractivity contribution in [1.29, 1.82) is 0 Å². The molecule has 80 valence electrons. The molecule has 0 fully saturated rings. The van der Waals surface area contributed by atoms with Crippen molar-refractivity contribution < 1.29 is 9.18 Å². The van der Waals surface area contributed by atoms with Gasteiger partial charge in [-0.25, -0.2) is 4.39 Å². The van der Waals surface area contributed by atoms with E-state index in [1.54, 1.807) is 24.9 Å². The molecular formula is C12H14FNO. The number of amides is 1. The predicted octanol–water partition coefficient (Wildman–Crippen LogP) is 2.45. The van der Waals surface area contributed by atoms with E-state index in [0.29, 0.717) is 11.1 Å². The van der Waals surface area contributed by atoms with E-state index in [1.807, 2.05) is 13.8 Å². The molecule has 3 heteroatoms. The molecular weight excluding hydrogens is 193 g/mol. The molecule has 0 unspecified atom stereocenters. The van der Waals surface area contributed by atoms with Gasteiger partial charge in [0.2, 0.25) is 0 Å². The summed E-state index contributed by atoms with van der Waals surface area (Å²) in [6, 6.07) is 3.12. The second-order valence-corrected chi connectivity index (χ2v) is 4.57. The van der Waals surface area contributed by atoms with Crippen LogP contribution in [0.5, 0.6) is 0 Å². The van der Waals surface area contributed by atoms with Gasteiger partial charge in [-0.15, -0.1) is 0 Å². The van der Waals surface area contributed by atoms with E-state index in [-0.39, 0.29) is 17.3 Å². The maximum Gasteiger partial charge on any atom is 0.254 e. The molecule has 0 saturated heterocycles. The zero-order valence-electron chi connectivity index (χ0n) is 9.39. The molecule has 0 N–H and O–H groups in total. The summed E-state index contributed by atoms with van der Waals surface area (Å²) in [6.07, 6.45) is 0. The predicted molar refractivity (Wildman–Crippen MR) is 56.3 cm³/mol. The molecule has 0 saturated carbocycles. The summed E-state index contributed by atoms with van der Waals surface area (Å²) < 4.78 is 13.4. The molecule has 0 aliphatic carbocycles. The summed E-state index contributed by atoms with van der Waals surface area (Å²) in [5.74, 6) is -0.415. The van der Waals surface area contributed by atoms with Crippen molar-refractivity contribution in [1.82, 2.24) is 4.90 Å². The monoisotopic (exact) mass is 207 g/mol. The van der Waals surface area contributed by atoms with Crippen LogP contribution < -0.4 is 0 Å². The Labute approximate surface area is 88.7 Å². The fraction of sp³-hybridized carbons (Fsp3) is 0.417. The zero-order valence-corrected chi connectivity index (χ0v) is 9.39. The van der Waals surface area contributed by atoms with Crippen LogP contribution in [0.2, 0.25) is 0 Å². The lowest BCUT2D eigenvalue weighted by molar-refractivity contribution is 0.0691. The van der Waals surface area contributed by atoms with Crippen LogP contribution in [0.15, 0.2) is 12.1 Å². The van der Waals surface area contributed by atoms with Crippen molar-refractivity contribution in [3.8, 4) is 0 Å². The SMILES string of the molecule is Cc1cc2c(cc1F)C(=O)N(C)C2(C)C. The van der Waals surface area contributed by atoms with Gasteiger partial charge in [0.25, 0.3) is 5.91 Å². The summed E-state index contributed by atoms with van der Waals surface area (Å²) in [6.45, 7) is 5.65. The Bertz CT molecular complexity index is 451. The fourth-order valence-electron chi connectivity index (χ4n) is 1.98. The van der Waals surface area contributed by atoms with E-state index in [2.05, 4.69) is 0 Å². The quantitative estimate of drug-likeness (QED) is 0.640. The van der Waals surface area contributed by atoms with Crippen molar-refractivity contribution >= 4 is 5.91 Å². The normalized spacial score (nSPS) is 18.2. The Morgan fingerprint density at radius 2 is 1.93 bits per heavy atom. The molecule has 1 heterocycles. The number of rotatable bonds is 0. The molecule has 0 bridgehead atoms. The van der Waals surface area contributed by atoms with Crippen LogP contribution in [0.1, 0.15) is 35.3 Å².